The van der Waals surface area contributed by atoms with Gasteiger partial charge in [0.1, 0.15) is 0 Å². The van der Waals surface area contributed by atoms with Crippen LogP contribution in [-0.2, 0) is 14.6 Å². The van der Waals surface area contributed by atoms with E-state index >= 15 is 0 Å². The molecule has 1 amide bonds. The van der Waals surface area contributed by atoms with Crippen LogP contribution < -0.4 is 5.32 Å². The smallest absolute Gasteiger partial charge is 0.257 e. The summed E-state index contributed by atoms with van der Waals surface area (Å²) in [7, 11) is -3.04. The number of hydrogen-bond acceptors (Lipinski definition) is 7. The second-order valence-corrected chi connectivity index (χ2v) is 8.69. The number of nitrogens with one attached hydrogen (secondary N) is 1. The number of hydrogen-bond donors (Lipinski definition) is 1. The quantitative estimate of drug-likeness (QED) is 0.789. The number of amides is 1. The van der Waals surface area contributed by atoms with Crippen molar-refractivity contribution in [2.75, 3.05) is 36.5 Å². The van der Waals surface area contributed by atoms with Gasteiger partial charge in [-0.15, -0.1) is 0 Å². The number of anilines is 1. The molecule has 9 heteroatoms. The molecule has 1 aromatic rings. The highest BCUT2D eigenvalue weighted by atomic mass is 32.2. The maximum atomic E-state index is 12.7. The van der Waals surface area contributed by atoms with Crippen molar-refractivity contribution < 1.29 is 17.9 Å². The minimum atomic E-state index is -3.04. The van der Waals surface area contributed by atoms with Crippen LogP contribution in [-0.4, -0.2) is 72.5 Å². The first-order valence-corrected chi connectivity index (χ1v) is 10.5. The van der Waals surface area contributed by atoms with E-state index in [2.05, 4.69) is 15.3 Å². The fraction of sp³-hybridized carbons (Fsp3) is 0.688. The summed E-state index contributed by atoms with van der Waals surface area (Å²) in [6.07, 6.45) is 5.75. The van der Waals surface area contributed by atoms with E-state index < -0.39 is 9.84 Å². The minimum absolute atomic E-state index is 0.0362. The lowest BCUT2D eigenvalue weighted by Gasteiger charge is -2.26. The average Bonchev–Trinajstić information content (AvgIpc) is 3.23. The van der Waals surface area contributed by atoms with Crippen LogP contribution in [0.2, 0.25) is 0 Å². The molecule has 0 aromatic carbocycles. The number of carbonyl (C=O) groups excluding carboxylic acids is 1. The summed E-state index contributed by atoms with van der Waals surface area (Å²) in [4.78, 5) is 22.6. The van der Waals surface area contributed by atoms with E-state index in [1.807, 2.05) is 6.92 Å². The fourth-order valence-corrected chi connectivity index (χ4v) is 5.03. The van der Waals surface area contributed by atoms with Crippen LogP contribution in [0, 0.1) is 0 Å². The largest absolute Gasteiger partial charge is 0.376 e. The summed E-state index contributed by atoms with van der Waals surface area (Å²) >= 11 is 0. The molecule has 2 aliphatic heterocycles. The van der Waals surface area contributed by atoms with Gasteiger partial charge in [-0.05, 0) is 26.2 Å². The van der Waals surface area contributed by atoms with E-state index in [1.165, 1.54) is 12.4 Å². The summed E-state index contributed by atoms with van der Waals surface area (Å²) in [5.41, 5.74) is 0.369. The molecule has 2 aliphatic rings. The van der Waals surface area contributed by atoms with Crippen LogP contribution in [0.1, 0.15) is 36.5 Å². The monoisotopic (exact) mass is 368 g/mol. The Balaban J connectivity index is 1.61. The van der Waals surface area contributed by atoms with E-state index in [0.29, 0.717) is 31.0 Å². The Hall–Kier alpha value is -1.74. The van der Waals surface area contributed by atoms with E-state index in [1.54, 1.807) is 4.90 Å². The van der Waals surface area contributed by atoms with Crippen molar-refractivity contribution in [2.45, 2.75) is 38.3 Å². The van der Waals surface area contributed by atoms with Crippen molar-refractivity contribution in [1.82, 2.24) is 14.9 Å². The molecule has 2 saturated heterocycles. The molecular weight excluding hydrogens is 344 g/mol. The molecule has 25 heavy (non-hydrogen) atoms. The van der Waals surface area contributed by atoms with Crippen LogP contribution in [0.15, 0.2) is 12.4 Å². The Bertz CT molecular complexity index is 701. The lowest BCUT2D eigenvalue weighted by atomic mass is 10.2. The molecule has 0 spiro atoms. The standard InChI is InChI=1S/C16H24N4O4S/c1-2-20(13-5-7-25(22,23)11-13)15(21)12-8-17-16(18-9-12)19-10-14-4-3-6-24-14/h8-9,13-14H,2-7,10-11H2,1H3,(H,17,18,19). The van der Waals surface area contributed by atoms with Gasteiger partial charge in [-0.1, -0.05) is 0 Å². The first kappa shape index (κ1) is 18.1. The predicted molar refractivity (Wildman–Crippen MR) is 93.3 cm³/mol. The van der Waals surface area contributed by atoms with Gasteiger partial charge in [0.2, 0.25) is 5.95 Å². The van der Waals surface area contributed by atoms with Crippen LogP contribution >= 0.6 is 0 Å². The molecule has 8 nitrogen and oxygen atoms in total. The Morgan fingerprint density at radius 1 is 1.36 bits per heavy atom. The summed E-state index contributed by atoms with van der Waals surface area (Å²) in [6.45, 7) is 3.75. The second kappa shape index (κ2) is 7.65. The number of sulfone groups is 1. The fourth-order valence-electron chi connectivity index (χ4n) is 3.29. The number of nitrogens with zero attached hydrogens (tertiary/aromatic N) is 3. The molecule has 2 unspecified atom stereocenters. The van der Waals surface area contributed by atoms with Crippen molar-refractivity contribution in [2.24, 2.45) is 0 Å². The molecule has 0 saturated carbocycles. The van der Waals surface area contributed by atoms with Gasteiger partial charge in [0, 0.05) is 38.1 Å². The van der Waals surface area contributed by atoms with Gasteiger partial charge in [-0.2, -0.15) is 0 Å². The summed E-state index contributed by atoms with van der Waals surface area (Å²) in [6, 6.07) is -0.264. The van der Waals surface area contributed by atoms with Crippen LogP contribution in [0.3, 0.4) is 0 Å². The van der Waals surface area contributed by atoms with E-state index in [0.717, 1.165) is 19.4 Å². The minimum Gasteiger partial charge on any atom is -0.376 e. The van der Waals surface area contributed by atoms with E-state index in [9.17, 15) is 13.2 Å². The zero-order chi connectivity index (χ0) is 17.9. The van der Waals surface area contributed by atoms with Gasteiger partial charge in [-0.25, -0.2) is 18.4 Å². The Kier molecular flexibility index (Phi) is 5.53. The van der Waals surface area contributed by atoms with Gasteiger partial charge < -0.3 is 15.0 Å². The van der Waals surface area contributed by atoms with Crippen molar-refractivity contribution in [1.29, 1.82) is 0 Å². The first-order valence-electron chi connectivity index (χ1n) is 8.67. The molecule has 1 aromatic heterocycles. The lowest BCUT2D eigenvalue weighted by molar-refractivity contribution is 0.0707. The Morgan fingerprint density at radius 3 is 2.68 bits per heavy atom. The summed E-state index contributed by atoms with van der Waals surface area (Å²) < 4.78 is 28.9. The molecule has 1 N–H and O–H groups in total. The van der Waals surface area contributed by atoms with E-state index in [-0.39, 0.29) is 29.6 Å². The predicted octanol–water partition coefficient (Wildman–Crippen LogP) is 0.717. The van der Waals surface area contributed by atoms with Gasteiger partial charge >= 0.3 is 0 Å². The maximum absolute atomic E-state index is 12.7. The normalized spacial score (nSPS) is 25.0. The highest BCUT2D eigenvalue weighted by Gasteiger charge is 2.34. The number of rotatable bonds is 6. The highest BCUT2D eigenvalue weighted by Crippen LogP contribution is 2.20. The topological polar surface area (TPSA) is 101 Å². The molecule has 3 rings (SSSR count). The molecule has 0 radical (unpaired) electrons. The van der Waals surface area contributed by atoms with Crippen molar-refractivity contribution in [3.8, 4) is 0 Å². The SMILES string of the molecule is CCN(C(=O)c1cnc(NCC2CCCO2)nc1)C1CCS(=O)(=O)C1. The highest BCUT2D eigenvalue weighted by molar-refractivity contribution is 7.91. The molecule has 3 heterocycles. The number of ether oxygens (including phenoxy) is 1. The molecular formula is C16H24N4O4S. The second-order valence-electron chi connectivity index (χ2n) is 6.46. The molecule has 2 atom stereocenters. The first-order chi connectivity index (χ1) is 12.0. The lowest BCUT2D eigenvalue weighted by Crippen LogP contribution is -2.41. The Morgan fingerprint density at radius 2 is 2.12 bits per heavy atom. The Labute approximate surface area is 147 Å². The van der Waals surface area contributed by atoms with Gasteiger partial charge in [0.05, 0.1) is 23.2 Å². The third kappa shape index (κ3) is 4.46. The van der Waals surface area contributed by atoms with Crippen LogP contribution in [0.25, 0.3) is 0 Å². The van der Waals surface area contributed by atoms with Crippen LogP contribution in [0.5, 0.6) is 0 Å². The van der Waals surface area contributed by atoms with Crippen molar-refractivity contribution in [3.63, 3.8) is 0 Å². The van der Waals surface area contributed by atoms with Gasteiger partial charge in [-0.3, -0.25) is 4.79 Å². The number of carbonyl (C=O) groups is 1. The van der Waals surface area contributed by atoms with Gasteiger partial charge in [0.15, 0.2) is 9.84 Å². The third-order valence-corrected chi connectivity index (χ3v) is 6.41. The van der Waals surface area contributed by atoms with E-state index in [4.69, 9.17) is 4.74 Å². The van der Waals surface area contributed by atoms with Crippen molar-refractivity contribution >= 4 is 21.7 Å². The molecule has 2 fully saturated rings. The third-order valence-electron chi connectivity index (χ3n) is 4.66. The molecule has 0 aliphatic carbocycles. The maximum Gasteiger partial charge on any atom is 0.257 e. The van der Waals surface area contributed by atoms with Crippen molar-refractivity contribution in [3.05, 3.63) is 18.0 Å². The summed E-state index contributed by atoms with van der Waals surface area (Å²) in [5.74, 6) is 0.409. The summed E-state index contributed by atoms with van der Waals surface area (Å²) in [5, 5.41) is 3.11. The molecule has 0 bridgehead atoms. The zero-order valence-electron chi connectivity index (χ0n) is 14.3. The number of aromatic nitrogens is 2. The average molecular weight is 368 g/mol. The van der Waals surface area contributed by atoms with Gasteiger partial charge in [0.25, 0.3) is 5.91 Å². The molecule has 138 valence electrons. The zero-order valence-corrected chi connectivity index (χ0v) is 15.2. The van der Waals surface area contributed by atoms with Crippen LogP contribution in [0.4, 0.5) is 5.95 Å².